The maximum absolute atomic E-state index is 12.2. The van der Waals surface area contributed by atoms with Crippen LogP contribution in [0.3, 0.4) is 0 Å². The van der Waals surface area contributed by atoms with Crippen molar-refractivity contribution in [2.45, 2.75) is 51.4 Å². The molecule has 0 radical (unpaired) electrons. The monoisotopic (exact) mass is 335 g/mol. The van der Waals surface area contributed by atoms with Gasteiger partial charge in [0, 0.05) is 5.75 Å². The molecule has 0 saturated heterocycles. The zero-order chi connectivity index (χ0) is 17.4. The zero-order valence-electron chi connectivity index (χ0n) is 12.9. The first-order chi connectivity index (χ1) is 10.1. The minimum absolute atomic E-state index is 0.0728. The fraction of sp³-hybridized carbons (Fsp3) is 0.769. The highest BCUT2D eigenvalue weighted by atomic mass is 32.1. The second-order valence-electron chi connectivity index (χ2n) is 5.54. The summed E-state index contributed by atoms with van der Waals surface area (Å²) in [7, 11) is 0. The van der Waals surface area contributed by atoms with Crippen molar-refractivity contribution >= 4 is 30.4 Å². The van der Waals surface area contributed by atoms with Gasteiger partial charge in [0.15, 0.2) is 0 Å². The number of aliphatic hydroxyl groups excluding tert-OH is 1. The second kappa shape index (κ2) is 9.65. The van der Waals surface area contributed by atoms with Crippen LogP contribution in [-0.4, -0.2) is 58.0 Å². The van der Waals surface area contributed by atoms with Gasteiger partial charge in [-0.25, -0.2) is 4.79 Å². The van der Waals surface area contributed by atoms with Gasteiger partial charge in [0.2, 0.25) is 11.8 Å². The largest absolute Gasteiger partial charge is 0.480 e. The molecule has 0 aromatic carbocycles. The standard InChI is InChI=1S/C13H25N3O5S/c1-6(2)4-8(15-12(19)10(14)7(3)17)11(18)16-9(5-22)13(20)21/h6-10,17,22H,4-5,14H2,1-3H3,(H,15,19)(H,16,18)(H,20,21). The lowest BCUT2D eigenvalue weighted by molar-refractivity contribution is -0.141. The van der Waals surface area contributed by atoms with E-state index < -0.39 is 42.0 Å². The summed E-state index contributed by atoms with van der Waals surface area (Å²) < 4.78 is 0. The highest BCUT2D eigenvalue weighted by Gasteiger charge is 2.29. The van der Waals surface area contributed by atoms with Crippen molar-refractivity contribution in [3.05, 3.63) is 0 Å². The molecule has 6 N–H and O–H groups in total. The van der Waals surface area contributed by atoms with Crippen LogP contribution < -0.4 is 16.4 Å². The van der Waals surface area contributed by atoms with Crippen molar-refractivity contribution in [3.8, 4) is 0 Å². The van der Waals surface area contributed by atoms with Gasteiger partial charge in [0.25, 0.3) is 0 Å². The molecule has 8 nitrogen and oxygen atoms in total. The van der Waals surface area contributed by atoms with E-state index in [-0.39, 0.29) is 11.7 Å². The van der Waals surface area contributed by atoms with Crippen molar-refractivity contribution < 1.29 is 24.6 Å². The number of rotatable bonds is 9. The number of carboxylic acids is 1. The van der Waals surface area contributed by atoms with Gasteiger partial charge in [-0.05, 0) is 19.3 Å². The van der Waals surface area contributed by atoms with Gasteiger partial charge < -0.3 is 26.6 Å². The van der Waals surface area contributed by atoms with Crippen LogP contribution in [-0.2, 0) is 14.4 Å². The summed E-state index contributed by atoms with van der Waals surface area (Å²) >= 11 is 3.86. The quantitative estimate of drug-likeness (QED) is 0.290. The molecule has 128 valence electrons. The SMILES string of the molecule is CC(C)CC(NC(=O)C(N)C(C)O)C(=O)NC(CS)C(=O)O. The Bertz CT molecular complexity index is 403. The first kappa shape index (κ1) is 20.7. The number of carbonyl (C=O) groups excluding carboxylic acids is 2. The maximum atomic E-state index is 12.2. The average Bonchev–Trinajstić information content (AvgIpc) is 2.41. The summed E-state index contributed by atoms with van der Waals surface area (Å²) in [5.74, 6) is -2.50. The number of aliphatic hydroxyl groups is 1. The summed E-state index contributed by atoms with van der Waals surface area (Å²) in [6.07, 6.45) is -0.754. The molecule has 0 saturated carbocycles. The van der Waals surface area contributed by atoms with Crippen LogP contribution >= 0.6 is 12.6 Å². The van der Waals surface area contributed by atoms with Gasteiger partial charge in [-0.3, -0.25) is 9.59 Å². The summed E-state index contributed by atoms with van der Waals surface area (Å²) in [6, 6.07) is -3.24. The van der Waals surface area contributed by atoms with Gasteiger partial charge in [-0.1, -0.05) is 13.8 Å². The minimum atomic E-state index is -1.21. The highest BCUT2D eigenvalue weighted by Crippen LogP contribution is 2.06. The molecule has 22 heavy (non-hydrogen) atoms. The van der Waals surface area contributed by atoms with Crippen LogP contribution in [0.25, 0.3) is 0 Å². The van der Waals surface area contributed by atoms with E-state index in [1.165, 1.54) is 6.92 Å². The Morgan fingerprint density at radius 3 is 1.95 bits per heavy atom. The Morgan fingerprint density at radius 2 is 1.59 bits per heavy atom. The predicted molar refractivity (Wildman–Crippen MR) is 84.5 cm³/mol. The van der Waals surface area contributed by atoms with Crippen LogP contribution in [0.4, 0.5) is 0 Å². The number of nitrogens with two attached hydrogens (primary N) is 1. The van der Waals surface area contributed by atoms with Gasteiger partial charge in [0.1, 0.15) is 18.1 Å². The first-order valence-electron chi connectivity index (χ1n) is 6.98. The molecule has 0 aliphatic heterocycles. The third kappa shape index (κ3) is 7.10. The molecular formula is C13H25N3O5S. The Hall–Kier alpha value is -1.32. The Kier molecular flexibility index (Phi) is 9.07. The molecule has 9 heteroatoms. The molecule has 0 bridgehead atoms. The molecule has 0 aromatic rings. The molecule has 2 amide bonds. The number of hydrogen-bond donors (Lipinski definition) is 6. The summed E-state index contributed by atoms with van der Waals surface area (Å²) in [5, 5.41) is 23.0. The number of carbonyl (C=O) groups is 3. The maximum Gasteiger partial charge on any atom is 0.327 e. The fourth-order valence-corrected chi connectivity index (χ4v) is 1.90. The van der Waals surface area contributed by atoms with Crippen LogP contribution in [0.1, 0.15) is 27.2 Å². The van der Waals surface area contributed by atoms with Crippen LogP contribution in [0.15, 0.2) is 0 Å². The lowest BCUT2D eigenvalue weighted by Gasteiger charge is -2.24. The minimum Gasteiger partial charge on any atom is -0.480 e. The number of thiol groups is 1. The molecule has 0 fully saturated rings. The summed E-state index contributed by atoms with van der Waals surface area (Å²) in [5.41, 5.74) is 5.51. The Balaban J connectivity index is 4.93. The average molecular weight is 335 g/mol. The third-order valence-electron chi connectivity index (χ3n) is 2.96. The third-order valence-corrected chi connectivity index (χ3v) is 3.32. The number of aliphatic carboxylic acids is 1. The van der Waals surface area contributed by atoms with E-state index in [4.69, 9.17) is 10.8 Å². The van der Waals surface area contributed by atoms with E-state index in [2.05, 4.69) is 23.3 Å². The van der Waals surface area contributed by atoms with Gasteiger partial charge in [-0.2, -0.15) is 12.6 Å². The van der Waals surface area contributed by atoms with Gasteiger partial charge in [-0.15, -0.1) is 0 Å². The Labute approximate surface area is 135 Å². The molecule has 4 unspecified atom stereocenters. The van der Waals surface area contributed by atoms with Crippen molar-refractivity contribution in [1.29, 1.82) is 0 Å². The van der Waals surface area contributed by atoms with Gasteiger partial charge in [0.05, 0.1) is 6.10 Å². The molecular weight excluding hydrogens is 310 g/mol. The number of carboxylic acid groups (broad SMARTS) is 1. The summed E-state index contributed by atoms with van der Waals surface area (Å²) in [6.45, 7) is 5.08. The van der Waals surface area contributed by atoms with E-state index in [0.717, 1.165) is 0 Å². The zero-order valence-corrected chi connectivity index (χ0v) is 13.8. The van der Waals surface area contributed by atoms with Crippen LogP contribution in [0.2, 0.25) is 0 Å². The van der Waals surface area contributed by atoms with E-state index in [1.807, 2.05) is 13.8 Å². The molecule has 0 aromatic heterocycles. The van der Waals surface area contributed by atoms with Gasteiger partial charge >= 0.3 is 5.97 Å². The van der Waals surface area contributed by atoms with Crippen molar-refractivity contribution in [1.82, 2.24) is 10.6 Å². The van der Waals surface area contributed by atoms with E-state index in [0.29, 0.717) is 6.42 Å². The van der Waals surface area contributed by atoms with Crippen molar-refractivity contribution in [2.75, 3.05) is 5.75 Å². The summed E-state index contributed by atoms with van der Waals surface area (Å²) in [4.78, 5) is 34.9. The predicted octanol–water partition coefficient (Wildman–Crippen LogP) is -1.28. The van der Waals surface area contributed by atoms with Crippen LogP contribution in [0, 0.1) is 5.92 Å². The van der Waals surface area contributed by atoms with E-state index >= 15 is 0 Å². The topological polar surface area (TPSA) is 142 Å². The van der Waals surface area contributed by atoms with E-state index in [9.17, 15) is 19.5 Å². The molecule has 0 aliphatic rings. The first-order valence-corrected chi connectivity index (χ1v) is 7.61. The molecule has 0 aliphatic carbocycles. The number of hydrogen-bond acceptors (Lipinski definition) is 6. The molecule has 0 heterocycles. The fourth-order valence-electron chi connectivity index (χ4n) is 1.65. The van der Waals surface area contributed by atoms with Crippen molar-refractivity contribution in [2.24, 2.45) is 11.7 Å². The number of amides is 2. The lowest BCUT2D eigenvalue weighted by atomic mass is 10.0. The van der Waals surface area contributed by atoms with E-state index in [1.54, 1.807) is 0 Å². The molecule has 0 spiro atoms. The van der Waals surface area contributed by atoms with Crippen molar-refractivity contribution in [3.63, 3.8) is 0 Å². The van der Waals surface area contributed by atoms with Crippen LogP contribution in [0.5, 0.6) is 0 Å². The smallest absolute Gasteiger partial charge is 0.327 e. The lowest BCUT2D eigenvalue weighted by Crippen LogP contribution is -2.56. The number of nitrogens with one attached hydrogen (secondary N) is 2. The normalized spacial score (nSPS) is 16.5. The Morgan fingerprint density at radius 1 is 1.09 bits per heavy atom. The highest BCUT2D eigenvalue weighted by molar-refractivity contribution is 7.80. The molecule has 0 rings (SSSR count). The second-order valence-corrected chi connectivity index (χ2v) is 5.90. The molecule has 4 atom stereocenters.